The standard InChI is InChI=1S/C21H19ClN2O7/c1-28-18-8-12(9-19(29-2)20(18)30-3)11-23-21(25)17-7-6-16(31-17)14-5-4-13(22)10-15(14)24(26)27/h4-10H,11H2,1-3H3,(H,23,25). The lowest BCUT2D eigenvalue weighted by Crippen LogP contribution is -2.22. The second-order valence-corrected chi connectivity index (χ2v) is 6.74. The van der Waals surface area contributed by atoms with E-state index >= 15 is 0 Å². The summed E-state index contributed by atoms with van der Waals surface area (Å²) in [6, 6.07) is 10.6. The first-order valence-corrected chi connectivity index (χ1v) is 9.37. The van der Waals surface area contributed by atoms with E-state index in [0.717, 1.165) is 0 Å². The Morgan fingerprint density at radius 1 is 1.06 bits per heavy atom. The molecule has 0 spiro atoms. The van der Waals surface area contributed by atoms with Crippen molar-refractivity contribution in [2.24, 2.45) is 0 Å². The first-order chi connectivity index (χ1) is 14.9. The third-order valence-corrected chi connectivity index (χ3v) is 4.66. The first kappa shape index (κ1) is 22.0. The number of ether oxygens (including phenoxy) is 3. The SMILES string of the molecule is COc1cc(CNC(=O)c2ccc(-c3ccc(Cl)cc3[N+](=O)[O-])o2)cc(OC)c1OC. The van der Waals surface area contributed by atoms with Crippen molar-refractivity contribution >= 4 is 23.2 Å². The molecule has 3 rings (SSSR count). The highest BCUT2D eigenvalue weighted by Gasteiger charge is 2.21. The highest BCUT2D eigenvalue weighted by Crippen LogP contribution is 2.38. The molecule has 0 aliphatic carbocycles. The van der Waals surface area contributed by atoms with E-state index in [1.165, 1.54) is 51.7 Å². The van der Waals surface area contributed by atoms with Crippen molar-refractivity contribution in [3.05, 3.63) is 68.9 Å². The van der Waals surface area contributed by atoms with Crippen molar-refractivity contribution in [2.75, 3.05) is 21.3 Å². The zero-order valence-electron chi connectivity index (χ0n) is 16.9. The molecule has 0 aliphatic heterocycles. The molecular weight excluding hydrogens is 428 g/mol. The summed E-state index contributed by atoms with van der Waals surface area (Å²) in [5.74, 6) is 1.06. The largest absolute Gasteiger partial charge is 0.493 e. The molecule has 0 unspecified atom stereocenters. The number of methoxy groups -OCH3 is 3. The fourth-order valence-corrected chi connectivity index (χ4v) is 3.14. The Hall–Kier alpha value is -3.72. The molecule has 0 aliphatic rings. The summed E-state index contributed by atoms with van der Waals surface area (Å²) in [7, 11) is 4.50. The number of nitrogens with one attached hydrogen (secondary N) is 1. The van der Waals surface area contributed by atoms with Crippen LogP contribution in [0.4, 0.5) is 5.69 Å². The van der Waals surface area contributed by atoms with Crippen molar-refractivity contribution in [1.29, 1.82) is 0 Å². The monoisotopic (exact) mass is 446 g/mol. The lowest BCUT2D eigenvalue weighted by molar-refractivity contribution is -0.384. The van der Waals surface area contributed by atoms with Crippen molar-refractivity contribution in [3.63, 3.8) is 0 Å². The zero-order valence-corrected chi connectivity index (χ0v) is 17.7. The molecule has 9 nitrogen and oxygen atoms in total. The van der Waals surface area contributed by atoms with Gasteiger partial charge in [0.05, 0.1) is 31.8 Å². The molecule has 31 heavy (non-hydrogen) atoms. The summed E-state index contributed by atoms with van der Waals surface area (Å²) in [5.41, 5.74) is 0.715. The normalized spacial score (nSPS) is 10.5. The van der Waals surface area contributed by atoms with E-state index in [9.17, 15) is 14.9 Å². The van der Waals surface area contributed by atoms with Gasteiger partial charge in [0.1, 0.15) is 5.76 Å². The van der Waals surface area contributed by atoms with Gasteiger partial charge >= 0.3 is 0 Å². The summed E-state index contributed by atoms with van der Waals surface area (Å²) in [4.78, 5) is 23.3. The number of carbonyl (C=O) groups is 1. The molecule has 0 saturated carbocycles. The summed E-state index contributed by atoms with van der Waals surface area (Å²) in [6.07, 6.45) is 0. The van der Waals surface area contributed by atoms with E-state index in [4.69, 9.17) is 30.2 Å². The van der Waals surface area contributed by atoms with Gasteiger partial charge in [0.15, 0.2) is 17.3 Å². The number of nitrogens with zero attached hydrogens (tertiary/aromatic N) is 1. The molecule has 162 valence electrons. The Balaban J connectivity index is 1.78. The van der Waals surface area contributed by atoms with E-state index in [2.05, 4.69) is 5.32 Å². The van der Waals surface area contributed by atoms with Crippen molar-refractivity contribution in [2.45, 2.75) is 6.54 Å². The fourth-order valence-electron chi connectivity index (χ4n) is 2.98. The van der Waals surface area contributed by atoms with E-state index in [-0.39, 0.29) is 34.3 Å². The Morgan fingerprint density at radius 2 is 1.74 bits per heavy atom. The van der Waals surface area contributed by atoms with Crippen LogP contribution in [-0.4, -0.2) is 32.2 Å². The number of furan rings is 1. The van der Waals surface area contributed by atoms with Crippen molar-refractivity contribution < 1.29 is 28.3 Å². The molecule has 10 heteroatoms. The number of nitro benzene ring substituents is 1. The predicted molar refractivity (Wildman–Crippen MR) is 113 cm³/mol. The molecule has 0 radical (unpaired) electrons. The van der Waals surface area contributed by atoms with Crippen molar-refractivity contribution in [1.82, 2.24) is 5.32 Å². The molecule has 1 amide bonds. The third kappa shape index (κ3) is 4.72. The van der Waals surface area contributed by atoms with E-state index in [0.29, 0.717) is 22.8 Å². The van der Waals surface area contributed by atoms with Gasteiger partial charge in [-0.15, -0.1) is 0 Å². The van der Waals surface area contributed by atoms with Gasteiger partial charge in [0.25, 0.3) is 11.6 Å². The van der Waals surface area contributed by atoms with Gasteiger partial charge in [-0.1, -0.05) is 11.6 Å². The lowest BCUT2D eigenvalue weighted by atomic mass is 10.1. The van der Waals surface area contributed by atoms with Crippen LogP contribution in [0.3, 0.4) is 0 Å². The number of halogens is 1. The van der Waals surface area contributed by atoms with Crippen LogP contribution in [0, 0.1) is 10.1 Å². The maximum atomic E-state index is 12.5. The average Bonchev–Trinajstić information content (AvgIpc) is 3.26. The minimum atomic E-state index is -0.562. The van der Waals surface area contributed by atoms with Gasteiger partial charge in [-0.2, -0.15) is 0 Å². The van der Waals surface area contributed by atoms with Crippen LogP contribution in [0.2, 0.25) is 5.02 Å². The summed E-state index contributed by atoms with van der Waals surface area (Å²) >= 11 is 5.84. The topological polar surface area (TPSA) is 113 Å². The summed E-state index contributed by atoms with van der Waals surface area (Å²) in [6.45, 7) is 0.159. The van der Waals surface area contributed by atoms with Gasteiger partial charge in [-0.05, 0) is 42.0 Å². The average molecular weight is 447 g/mol. The molecule has 2 aromatic carbocycles. The minimum absolute atomic E-state index is 0.00619. The smallest absolute Gasteiger partial charge is 0.287 e. The molecule has 3 aromatic rings. The first-order valence-electron chi connectivity index (χ1n) is 8.99. The maximum absolute atomic E-state index is 12.5. The predicted octanol–water partition coefficient (Wildman–Crippen LogP) is 4.46. The third-order valence-electron chi connectivity index (χ3n) is 4.43. The van der Waals surface area contributed by atoms with E-state index in [1.54, 1.807) is 12.1 Å². The number of nitro groups is 1. The number of hydrogen-bond acceptors (Lipinski definition) is 7. The number of carbonyl (C=O) groups excluding carboxylic acids is 1. The highest BCUT2D eigenvalue weighted by atomic mass is 35.5. The van der Waals surface area contributed by atoms with Crippen LogP contribution in [0.5, 0.6) is 17.2 Å². The number of rotatable bonds is 8. The van der Waals surface area contributed by atoms with E-state index in [1.807, 2.05) is 0 Å². The Morgan fingerprint density at radius 3 is 2.32 bits per heavy atom. The van der Waals surface area contributed by atoms with Gasteiger partial charge < -0.3 is 23.9 Å². The Bertz CT molecular complexity index is 1100. The van der Waals surface area contributed by atoms with Crippen LogP contribution in [0.15, 0.2) is 46.9 Å². The molecule has 1 aromatic heterocycles. The van der Waals surface area contributed by atoms with Crippen LogP contribution in [0.25, 0.3) is 11.3 Å². The second-order valence-electron chi connectivity index (χ2n) is 6.30. The quantitative estimate of drug-likeness (QED) is 0.401. The highest BCUT2D eigenvalue weighted by molar-refractivity contribution is 6.30. The van der Waals surface area contributed by atoms with Crippen LogP contribution < -0.4 is 19.5 Å². The molecule has 0 bridgehead atoms. The van der Waals surface area contributed by atoms with Crippen molar-refractivity contribution in [3.8, 4) is 28.6 Å². The van der Waals surface area contributed by atoms with Crippen LogP contribution >= 0.6 is 11.6 Å². The fraction of sp³-hybridized carbons (Fsp3) is 0.190. The van der Waals surface area contributed by atoms with Gasteiger partial charge in [-0.25, -0.2) is 0 Å². The van der Waals surface area contributed by atoms with Gasteiger partial charge in [-0.3, -0.25) is 14.9 Å². The summed E-state index contributed by atoms with van der Waals surface area (Å²) in [5, 5.41) is 14.2. The minimum Gasteiger partial charge on any atom is -0.493 e. The number of hydrogen-bond donors (Lipinski definition) is 1. The Kier molecular flexibility index (Phi) is 6.66. The number of amides is 1. The Labute approximate surface area is 182 Å². The zero-order chi connectivity index (χ0) is 22.5. The van der Waals surface area contributed by atoms with Crippen LogP contribution in [-0.2, 0) is 6.54 Å². The van der Waals surface area contributed by atoms with E-state index < -0.39 is 10.8 Å². The van der Waals surface area contributed by atoms with Gasteiger partial charge in [0.2, 0.25) is 5.75 Å². The lowest BCUT2D eigenvalue weighted by Gasteiger charge is -2.14. The molecule has 0 atom stereocenters. The summed E-state index contributed by atoms with van der Waals surface area (Å²) < 4.78 is 21.4. The molecule has 1 N–H and O–H groups in total. The van der Waals surface area contributed by atoms with Crippen LogP contribution in [0.1, 0.15) is 16.1 Å². The number of benzene rings is 2. The maximum Gasteiger partial charge on any atom is 0.287 e. The molecule has 0 saturated heterocycles. The molecular formula is C21H19ClN2O7. The second kappa shape index (κ2) is 9.40. The molecule has 1 heterocycles. The molecule has 0 fully saturated rings. The van der Waals surface area contributed by atoms with Gasteiger partial charge in [0, 0.05) is 17.6 Å².